The second-order valence-corrected chi connectivity index (χ2v) is 8.09. The van der Waals surface area contributed by atoms with E-state index in [0.29, 0.717) is 29.7 Å². The first-order chi connectivity index (χ1) is 16.1. The molecule has 1 aliphatic rings. The van der Waals surface area contributed by atoms with Crippen LogP contribution in [-0.4, -0.2) is 64.1 Å². The second kappa shape index (κ2) is 9.36. The van der Waals surface area contributed by atoms with Gasteiger partial charge < -0.3 is 14.2 Å². The number of imidazole rings is 1. The lowest BCUT2D eigenvalue weighted by Crippen LogP contribution is -2.47. The van der Waals surface area contributed by atoms with Crippen LogP contribution in [0.2, 0.25) is 0 Å². The van der Waals surface area contributed by atoms with Gasteiger partial charge in [0.1, 0.15) is 36.0 Å². The van der Waals surface area contributed by atoms with E-state index >= 15 is 0 Å². The van der Waals surface area contributed by atoms with Crippen LogP contribution < -0.4 is 0 Å². The van der Waals surface area contributed by atoms with Gasteiger partial charge in [0.15, 0.2) is 5.76 Å². The molecule has 0 aromatic carbocycles. The first kappa shape index (κ1) is 21.1. The summed E-state index contributed by atoms with van der Waals surface area (Å²) in [6.45, 7) is 5.90. The molecule has 4 aromatic rings. The van der Waals surface area contributed by atoms with Crippen LogP contribution in [0, 0.1) is 17.8 Å². The zero-order chi connectivity index (χ0) is 22.6. The Kier molecular flexibility index (Phi) is 5.97. The smallest absolute Gasteiger partial charge is 0.185 e. The van der Waals surface area contributed by atoms with E-state index in [2.05, 4.69) is 41.9 Å². The van der Waals surface area contributed by atoms with Crippen molar-refractivity contribution in [1.82, 2.24) is 39.4 Å². The van der Waals surface area contributed by atoms with Crippen LogP contribution in [0.5, 0.6) is 0 Å². The number of pyridine rings is 1. The van der Waals surface area contributed by atoms with Gasteiger partial charge in [0.25, 0.3) is 0 Å². The van der Waals surface area contributed by atoms with Crippen LogP contribution in [-0.2, 0) is 13.1 Å². The molecular weight excluding hydrogens is 420 g/mol. The van der Waals surface area contributed by atoms with E-state index in [1.807, 2.05) is 27.4 Å². The van der Waals surface area contributed by atoms with E-state index in [4.69, 9.17) is 4.52 Å². The molecule has 0 spiro atoms. The fourth-order valence-electron chi connectivity index (χ4n) is 3.74. The molecule has 0 unspecified atom stereocenters. The monoisotopic (exact) mass is 444 g/mol. The van der Waals surface area contributed by atoms with Crippen molar-refractivity contribution in [3.8, 4) is 23.3 Å². The van der Waals surface area contributed by atoms with Crippen molar-refractivity contribution in [2.75, 3.05) is 19.6 Å². The predicted molar refractivity (Wildman–Crippen MR) is 119 cm³/mol. The van der Waals surface area contributed by atoms with E-state index in [1.54, 1.807) is 38.2 Å². The molecule has 0 radical (unpaired) electrons. The van der Waals surface area contributed by atoms with Crippen LogP contribution in [0.15, 0.2) is 54.0 Å². The van der Waals surface area contributed by atoms with Crippen molar-refractivity contribution in [2.24, 2.45) is 5.92 Å². The maximum absolute atomic E-state index is 9.79. The van der Waals surface area contributed by atoms with Crippen LogP contribution in [0.3, 0.4) is 0 Å². The third-order valence-electron chi connectivity index (χ3n) is 5.52. The van der Waals surface area contributed by atoms with E-state index in [0.717, 1.165) is 37.4 Å². The summed E-state index contributed by atoms with van der Waals surface area (Å²) in [5.74, 6) is 8.11. The summed E-state index contributed by atoms with van der Waals surface area (Å²) in [6.07, 6.45) is 7.86. The molecular formula is C23H24N8O2. The lowest BCUT2D eigenvalue weighted by Gasteiger charge is -2.36. The number of aromatic nitrogens is 7. The molecule has 0 aliphatic carbocycles. The van der Waals surface area contributed by atoms with E-state index in [9.17, 15) is 5.11 Å². The number of aliphatic hydroxyl groups excluding tert-OH is 1. The van der Waals surface area contributed by atoms with Crippen LogP contribution in [0.1, 0.15) is 30.1 Å². The Morgan fingerprint density at radius 3 is 2.91 bits per heavy atom. The van der Waals surface area contributed by atoms with Crippen molar-refractivity contribution < 1.29 is 9.63 Å². The van der Waals surface area contributed by atoms with Gasteiger partial charge in [-0.3, -0.25) is 14.6 Å². The average molecular weight is 444 g/mol. The summed E-state index contributed by atoms with van der Waals surface area (Å²) in [5.41, 5.74) is 2.30. The topological polar surface area (TPSA) is 111 Å². The van der Waals surface area contributed by atoms with Crippen molar-refractivity contribution in [3.05, 3.63) is 66.5 Å². The van der Waals surface area contributed by atoms with Gasteiger partial charge in [-0.15, -0.1) is 0 Å². The maximum atomic E-state index is 9.79. The lowest BCUT2D eigenvalue weighted by atomic mass is 10.0. The zero-order valence-electron chi connectivity index (χ0n) is 18.2. The minimum atomic E-state index is -0.649. The highest BCUT2D eigenvalue weighted by atomic mass is 16.5. The number of nitrogens with zero attached hydrogens (tertiary/aromatic N) is 8. The predicted octanol–water partition coefficient (Wildman–Crippen LogP) is 1.61. The fourth-order valence-corrected chi connectivity index (χ4v) is 3.74. The third kappa shape index (κ3) is 5.00. The van der Waals surface area contributed by atoms with Gasteiger partial charge in [0, 0.05) is 55.8 Å². The summed E-state index contributed by atoms with van der Waals surface area (Å²) < 4.78 is 9.15. The van der Waals surface area contributed by atoms with Crippen molar-refractivity contribution in [1.29, 1.82) is 0 Å². The quantitative estimate of drug-likeness (QED) is 0.428. The second-order valence-electron chi connectivity index (χ2n) is 8.09. The molecule has 33 heavy (non-hydrogen) atoms. The minimum absolute atomic E-state index is 0.381. The summed E-state index contributed by atoms with van der Waals surface area (Å²) in [7, 11) is 0. The standard InChI is InChI=1S/C23H24N8O2/c1-17(32)23-25-6-7-30(23)14-20-10-22(33-28-20)21-5-4-18(11-26-21)2-3-19-12-29(13-19)8-9-31-16-24-15-27-31/h4-7,10-11,15-17,19,32H,8-9,12-14H2,1H3/t17-/m0/s1. The van der Waals surface area contributed by atoms with Crippen molar-refractivity contribution in [2.45, 2.75) is 26.1 Å². The molecule has 10 heteroatoms. The van der Waals surface area contributed by atoms with E-state index < -0.39 is 6.10 Å². The number of rotatable bonds is 7. The first-order valence-corrected chi connectivity index (χ1v) is 10.8. The van der Waals surface area contributed by atoms with Crippen LogP contribution in [0.4, 0.5) is 0 Å². The Morgan fingerprint density at radius 1 is 1.24 bits per heavy atom. The minimum Gasteiger partial charge on any atom is -0.385 e. The molecule has 1 N–H and O–H groups in total. The highest BCUT2D eigenvalue weighted by Gasteiger charge is 2.24. The highest BCUT2D eigenvalue weighted by molar-refractivity contribution is 5.53. The molecule has 168 valence electrons. The van der Waals surface area contributed by atoms with Crippen LogP contribution >= 0.6 is 0 Å². The molecule has 0 bridgehead atoms. The summed E-state index contributed by atoms with van der Waals surface area (Å²) in [5, 5.41) is 18.0. The average Bonchev–Trinajstić information content (AvgIpc) is 3.55. The molecule has 5 heterocycles. The number of hydrogen-bond acceptors (Lipinski definition) is 8. The highest BCUT2D eigenvalue weighted by Crippen LogP contribution is 2.20. The Labute approximate surface area is 190 Å². The molecule has 1 atom stereocenters. The molecule has 0 saturated carbocycles. The summed E-state index contributed by atoms with van der Waals surface area (Å²) >= 11 is 0. The fraction of sp³-hybridized carbons (Fsp3) is 0.348. The number of hydrogen-bond donors (Lipinski definition) is 1. The van der Waals surface area contributed by atoms with E-state index in [-0.39, 0.29) is 0 Å². The SMILES string of the molecule is C[C@H](O)c1nccn1Cc1cc(-c2ccc(C#CC3CN(CCn4cncn4)C3)cn2)on1. The van der Waals surface area contributed by atoms with Gasteiger partial charge in [-0.25, -0.2) is 9.97 Å². The van der Waals surface area contributed by atoms with Gasteiger partial charge in [-0.2, -0.15) is 5.10 Å². The Balaban J connectivity index is 1.14. The molecule has 5 rings (SSSR count). The molecule has 1 saturated heterocycles. The molecule has 1 aliphatic heterocycles. The number of aliphatic hydroxyl groups is 1. The molecule has 1 fully saturated rings. The van der Waals surface area contributed by atoms with Gasteiger partial charge >= 0.3 is 0 Å². The Hall–Kier alpha value is -3.81. The summed E-state index contributed by atoms with van der Waals surface area (Å²) in [4.78, 5) is 15.0. The molecule has 0 amide bonds. The van der Waals surface area contributed by atoms with Gasteiger partial charge in [0.2, 0.25) is 0 Å². The third-order valence-corrected chi connectivity index (χ3v) is 5.52. The van der Waals surface area contributed by atoms with E-state index in [1.165, 1.54) is 0 Å². The normalized spacial score (nSPS) is 15.1. The van der Waals surface area contributed by atoms with Crippen molar-refractivity contribution in [3.63, 3.8) is 0 Å². The number of likely N-dealkylation sites (tertiary alicyclic amines) is 1. The van der Waals surface area contributed by atoms with Gasteiger partial charge in [0.05, 0.1) is 13.1 Å². The maximum Gasteiger partial charge on any atom is 0.185 e. The Morgan fingerprint density at radius 2 is 2.15 bits per heavy atom. The van der Waals surface area contributed by atoms with Crippen LogP contribution in [0.25, 0.3) is 11.5 Å². The lowest BCUT2D eigenvalue weighted by molar-refractivity contribution is 0.129. The zero-order valence-corrected chi connectivity index (χ0v) is 18.2. The van der Waals surface area contributed by atoms with Gasteiger partial charge in [-0.05, 0) is 19.1 Å². The van der Waals surface area contributed by atoms with Crippen molar-refractivity contribution >= 4 is 0 Å². The molecule has 4 aromatic heterocycles. The summed E-state index contributed by atoms with van der Waals surface area (Å²) in [6, 6.07) is 5.68. The Bertz CT molecular complexity index is 1240. The van der Waals surface area contributed by atoms with Gasteiger partial charge in [-0.1, -0.05) is 17.0 Å². The molecule has 10 nitrogen and oxygen atoms in total. The first-order valence-electron chi connectivity index (χ1n) is 10.8. The largest absolute Gasteiger partial charge is 0.385 e.